The third kappa shape index (κ3) is 4.56. The third-order valence-corrected chi connectivity index (χ3v) is 6.10. The first-order valence-electron chi connectivity index (χ1n) is 7.76. The number of nitrogens with zero attached hydrogens (tertiary/aromatic N) is 2. The Kier molecular flexibility index (Phi) is 6.52. The Bertz CT molecular complexity index is 837. The predicted octanol–water partition coefficient (Wildman–Crippen LogP) is 3.12. The van der Waals surface area contributed by atoms with E-state index in [1.807, 2.05) is 0 Å². The van der Waals surface area contributed by atoms with Gasteiger partial charge in [-0.2, -0.15) is 4.31 Å². The van der Waals surface area contributed by atoms with Crippen LogP contribution in [0, 0.1) is 0 Å². The van der Waals surface area contributed by atoms with Crippen molar-refractivity contribution < 1.29 is 17.9 Å². The molecule has 134 valence electrons. The number of benzene rings is 1. The molecule has 8 heteroatoms. The van der Waals surface area contributed by atoms with Crippen molar-refractivity contribution in [2.24, 2.45) is 0 Å². The smallest absolute Gasteiger partial charge is 0.338 e. The zero-order valence-corrected chi connectivity index (χ0v) is 15.5. The molecule has 0 saturated heterocycles. The summed E-state index contributed by atoms with van der Waals surface area (Å²) in [6.07, 6.45) is 1.60. The van der Waals surface area contributed by atoms with Crippen LogP contribution < -0.4 is 0 Å². The highest BCUT2D eigenvalue weighted by Gasteiger charge is 2.25. The van der Waals surface area contributed by atoms with E-state index in [1.54, 1.807) is 38.2 Å². The highest BCUT2D eigenvalue weighted by Crippen LogP contribution is 2.26. The summed E-state index contributed by atoms with van der Waals surface area (Å²) < 4.78 is 31.8. The number of ether oxygens (including phenoxy) is 1. The number of aromatic nitrogens is 1. The summed E-state index contributed by atoms with van der Waals surface area (Å²) in [6.45, 7) is 4.09. The van der Waals surface area contributed by atoms with Crippen LogP contribution in [0.15, 0.2) is 47.5 Å². The maximum atomic E-state index is 12.6. The molecule has 0 radical (unpaired) electrons. The molecule has 0 spiro atoms. The van der Waals surface area contributed by atoms with Gasteiger partial charge in [0, 0.05) is 19.3 Å². The highest BCUT2D eigenvalue weighted by molar-refractivity contribution is 7.89. The first-order valence-corrected chi connectivity index (χ1v) is 9.58. The maximum Gasteiger partial charge on any atom is 0.338 e. The Morgan fingerprint density at radius 3 is 2.52 bits per heavy atom. The molecule has 0 amide bonds. The van der Waals surface area contributed by atoms with Gasteiger partial charge in [0.15, 0.2) is 0 Å². The van der Waals surface area contributed by atoms with E-state index in [9.17, 15) is 13.2 Å². The maximum absolute atomic E-state index is 12.6. The molecule has 2 aromatic rings. The molecular formula is C17H19ClN2O4S. The lowest BCUT2D eigenvalue weighted by molar-refractivity contribution is 0.0467. The number of carbonyl (C=O) groups excluding carboxylic acids is 1. The topological polar surface area (TPSA) is 76.6 Å². The molecule has 1 aromatic carbocycles. The van der Waals surface area contributed by atoms with Crippen molar-refractivity contribution in [1.82, 2.24) is 9.29 Å². The molecule has 0 fully saturated rings. The van der Waals surface area contributed by atoms with Crippen LogP contribution in [0.4, 0.5) is 0 Å². The van der Waals surface area contributed by atoms with E-state index in [2.05, 4.69) is 4.98 Å². The monoisotopic (exact) mass is 382 g/mol. The summed E-state index contributed by atoms with van der Waals surface area (Å²) in [5, 5.41) is 0.0631. The minimum Gasteiger partial charge on any atom is -0.456 e. The van der Waals surface area contributed by atoms with E-state index in [0.717, 1.165) is 0 Å². The van der Waals surface area contributed by atoms with E-state index in [4.69, 9.17) is 16.3 Å². The SMILES string of the molecule is CCN(CC)S(=O)(=O)c1cc(C(=O)OCc2ccccn2)ccc1Cl. The fourth-order valence-corrected chi connectivity index (χ4v) is 4.20. The zero-order valence-electron chi connectivity index (χ0n) is 14.0. The Labute approximate surface area is 152 Å². The molecule has 0 atom stereocenters. The average molecular weight is 383 g/mol. The van der Waals surface area contributed by atoms with Crippen LogP contribution in [0.1, 0.15) is 29.9 Å². The molecular weight excluding hydrogens is 364 g/mol. The van der Waals surface area contributed by atoms with Crippen LogP contribution in [0.2, 0.25) is 5.02 Å². The van der Waals surface area contributed by atoms with Crippen LogP contribution in [-0.2, 0) is 21.4 Å². The van der Waals surface area contributed by atoms with Crippen LogP contribution in [0.25, 0.3) is 0 Å². The number of carbonyl (C=O) groups is 1. The first-order chi connectivity index (χ1) is 11.9. The summed E-state index contributed by atoms with van der Waals surface area (Å²) in [5.74, 6) is -0.640. The van der Waals surface area contributed by atoms with Crippen molar-refractivity contribution in [3.8, 4) is 0 Å². The predicted molar refractivity (Wildman–Crippen MR) is 94.9 cm³/mol. The van der Waals surface area contributed by atoms with Crippen molar-refractivity contribution in [2.45, 2.75) is 25.3 Å². The van der Waals surface area contributed by atoms with E-state index in [0.29, 0.717) is 18.8 Å². The lowest BCUT2D eigenvalue weighted by Crippen LogP contribution is -2.31. The molecule has 6 nitrogen and oxygen atoms in total. The minimum atomic E-state index is -3.77. The fourth-order valence-electron chi connectivity index (χ4n) is 2.24. The summed E-state index contributed by atoms with van der Waals surface area (Å²) in [5.41, 5.74) is 0.715. The molecule has 0 saturated carbocycles. The van der Waals surface area contributed by atoms with Crippen LogP contribution in [0.3, 0.4) is 0 Å². The Balaban J connectivity index is 2.24. The summed E-state index contributed by atoms with van der Waals surface area (Å²) in [7, 11) is -3.77. The Morgan fingerprint density at radius 1 is 1.20 bits per heavy atom. The third-order valence-electron chi connectivity index (χ3n) is 3.57. The Hall–Kier alpha value is -1.96. The van der Waals surface area contributed by atoms with Crippen LogP contribution in [0.5, 0.6) is 0 Å². The van der Waals surface area contributed by atoms with E-state index in [-0.39, 0.29) is 22.1 Å². The molecule has 0 N–H and O–H groups in total. The molecule has 2 rings (SSSR count). The minimum absolute atomic E-state index is 0.000425. The number of halogens is 1. The summed E-state index contributed by atoms with van der Waals surface area (Å²) >= 11 is 6.05. The number of hydrogen-bond acceptors (Lipinski definition) is 5. The van der Waals surface area contributed by atoms with Gasteiger partial charge in [-0.05, 0) is 30.3 Å². The summed E-state index contributed by atoms with van der Waals surface area (Å²) in [6, 6.07) is 9.34. The molecule has 1 aromatic heterocycles. The van der Waals surface area contributed by atoms with Gasteiger partial charge in [-0.1, -0.05) is 31.5 Å². The van der Waals surface area contributed by atoms with Gasteiger partial charge in [0.2, 0.25) is 10.0 Å². The van der Waals surface area contributed by atoms with Crippen molar-refractivity contribution in [2.75, 3.05) is 13.1 Å². The zero-order chi connectivity index (χ0) is 18.4. The fraction of sp³-hybridized carbons (Fsp3) is 0.294. The van der Waals surface area contributed by atoms with Crippen molar-refractivity contribution in [1.29, 1.82) is 0 Å². The van der Waals surface area contributed by atoms with Gasteiger partial charge in [0.1, 0.15) is 11.5 Å². The van der Waals surface area contributed by atoms with Crippen molar-refractivity contribution in [3.05, 3.63) is 58.9 Å². The second kappa shape index (κ2) is 8.42. The average Bonchev–Trinajstić information content (AvgIpc) is 2.61. The van der Waals surface area contributed by atoms with Gasteiger partial charge < -0.3 is 4.74 Å². The normalized spacial score (nSPS) is 11.5. The van der Waals surface area contributed by atoms with Gasteiger partial charge in [0.25, 0.3) is 0 Å². The van der Waals surface area contributed by atoms with Gasteiger partial charge in [-0.3, -0.25) is 4.98 Å². The van der Waals surface area contributed by atoms with Crippen molar-refractivity contribution >= 4 is 27.6 Å². The van der Waals surface area contributed by atoms with Gasteiger partial charge in [-0.25, -0.2) is 13.2 Å². The quantitative estimate of drug-likeness (QED) is 0.687. The first kappa shape index (κ1) is 19.4. The molecule has 0 aliphatic carbocycles. The summed E-state index contributed by atoms with van der Waals surface area (Å²) in [4.78, 5) is 16.2. The second-order valence-corrected chi connectivity index (χ2v) is 7.45. The standard InChI is InChI=1S/C17H19ClN2O4S/c1-3-20(4-2)25(22,23)16-11-13(8-9-15(16)18)17(21)24-12-14-7-5-6-10-19-14/h5-11H,3-4,12H2,1-2H3. The molecule has 0 aliphatic rings. The number of hydrogen-bond donors (Lipinski definition) is 0. The van der Waals surface area contributed by atoms with Gasteiger partial charge in [-0.15, -0.1) is 0 Å². The van der Waals surface area contributed by atoms with Gasteiger partial charge in [0.05, 0.1) is 16.3 Å². The lowest BCUT2D eigenvalue weighted by atomic mass is 10.2. The van der Waals surface area contributed by atoms with Crippen LogP contribution in [-0.4, -0.2) is 36.8 Å². The Morgan fingerprint density at radius 2 is 1.92 bits per heavy atom. The molecule has 25 heavy (non-hydrogen) atoms. The van der Waals surface area contributed by atoms with E-state index < -0.39 is 16.0 Å². The molecule has 0 bridgehead atoms. The largest absolute Gasteiger partial charge is 0.456 e. The number of esters is 1. The van der Waals surface area contributed by atoms with E-state index >= 15 is 0 Å². The van der Waals surface area contributed by atoms with E-state index in [1.165, 1.54) is 22.5 Å². The van der Waals surface area contributed by atoms with Crippen LogP contribution >= 0.6 is 11.6 Å². The number of pyridine rings is 1. The molecule has 1 heterocycles. The molecule has 0 aliphatic heterocycles. The van der Waals surface area contributed by atoms with Crippen molar-refractivity contribution in [3.63, 3.8) is 0 Å². The van der Waals surface area contributed by atoms with Gasteiger partial charge >= 0.3 is 5.97 Å². The highest BCUT2D eigenvalue weighted by atomic mass is 35.5. The number of sulfonamides is 1. The second-order valence-electron chi connectivity index (χ2n) is 5.13. The molecule has 0 unspecified atom stereocenters. The lowest BCUT2D eigenvalue weighted by Gasteiger charge is -2.19. The number of rotatable bonds is 7.